The zero-order chi connectivity index (χ0) is 11.4. The van der Waals surface area contributed by atoms with Gasteiger partial charge in [0.1, 0.15) is 18.2 Å². The second kappa shape index (κ2) is 4.81. The van der Waals surface area contributed by atoms with E-state index in [2.05, 4.69) is 4.98 Å². The van der Waals surface area contributed by atoms with Crippen LogP contribution in [0.5, 0.6) is 5.75 Å². The van der Waals surface area contributed by atoms with Gasteiger partial charge in [-0.25, -0.2) is 4.98 Å². The van der Waals surface area contributed by atoms with Gasteiger partial charge in [0.15, 0.2) is 0 Å². The van der Waals surface area contributed by atoms with E-state index in [0.717, 1.165) is 17.1 Å². The molecule has 0 amide bonds. The number of nitrogens with zero attached hydrogens (tertiary/aromatic N) is 2. The summed E-state index contributed by atoms with van der Waals surface area (Å²) in [5.74, 6) is 1.61. The Kier molecular flexibility index (Phi) is 3.22. The average molecular weight is 218 g/mol. The van der Waals surface area contributed by atoms with E-state index in [9.17, 15) is 0 Å². The summed E-state index contributed by atoms with van der Waals surface area (Å²) in [5.41, 5.74) is 0.845. The number of imidazole rings is 1. The first kappa shape index (κ1) is 10.7. The highest BCUT2D eigenvalue weighted by Gasteiger charge is 2.01. The molecule has 1 heterocycles. The monoisotopic (exact) mass is 218 g/mol. The summed E-state index contributed by atoms with van der Waals surface area (Å²) in [5, 5.41) is 8.99. The van der Waals surface area contributed by atoms with Gasteiger partial charge in [-0.2, -0.15) is 0 Å². The molecule has 0 aliphatic heterocycles. The van der Waals surface area contributed by atoms with Gasteiger partial charge in [0.25, 0.3) is 0 Å². The number of aromatic nitrogens is 2. The third-order valence-electron chi connectivity index (χ3n) is 2.37. The number of hydrogen-bond donors (Lipinski definition) is 1. The van der Waals surface area contributed by atoms with Gasteiger partial charge in [-0.05, 0) is 17.7 Å². The maximum absolute atomic E-state index is 8.99. The summed E-state index contributed by atoms with van der Waals surface area (Å²) in [6.07, 6.45) is 3.62. The lowest BCUT2D eigenvalue weighted by Crippen LogP contribution is -2.03. The Morgan fingerprint density at radius 3 is 3.00 bits per heavy atom. The smallest absolute Gasteiger partial charge is 0.146 e. The Labute approximate surface area is 94.1 Å². The molecule has 4 heteroatoms. The van der Waals surface area contributed by atoms with Crippen LogP contribution in [0.3, 0.4) is 0 Å². The van der Waals surface area contributed by atoms with Crippen LogP contribution < -0.4 is 4.74 Å². The average Bonchev–Trinajstić information content (AvgIpc) is 2.72. The molecule has 0 radical (unpaired) electrons. The Hall–Kier alpha value is -1.81. The lowest BCUT2D eigenvalue weighted by Gasteiger charge is -2.07. The maximum atomic E-state index is 8.99. The number of aryl methyl sites for hydroxylation is 1. The van der Waals surface area contributed by atoms with Crippen molar-refractivity contribution in [3.05, 3.63) is 48.0 Å². The molecule has 1 aromatic carbocycles. The summed E-state index contributed by atoms with van der Waals surface area (Å²) >= 11 is 0. The number of benzene rings is 1. The molecule has 0 spiro atoms. The SMILES string of the molecule is Cn1ccnc1COc1cccc(CO)c1. The highest BCUT2D eigenvalue weighted by atomic mass is 16.5. The van der Waals surface area contributed by atoms with Crippen molar-refractivity contribution < 1.29 is 9.84 Å². The first-order valence-electron chi connectivity index (χ1n) is 5.08. The largest absolute Gasteiger partial charge is 0.486 e. The Morgan fingerprint density at radius 2 is 2.31 bits per heavy atom. The van der Waals surface area contributed by atoms with Gasteiger partial charge in [0.2, 0.25) is 0 Å². The fourth-order valence-corrected chi connectivity index (χ4v) is 1.42. The standard InChI is InChI=1S/C12H14N2O2/c1-14-6-5-13-12(14)9-16-11-4-2-3-10(7-11)8-15/h2-7,15H,8-9H2,1H3. The first-order chi connectivity index (χ1) is 7.79. The van der Waals surface area contributed by atoms with Crippen LogP contribution in [0.2, 0.25) is 0 Å². The van der Waals surface area contributed by atoms with Gasteiger partial charge in [-0.15, -0.1) is 0 Å². The zero-order valence-corrected chi connectivity index (χ0v) is 9.13. The van der Waals surface area contributed by atoms with Crippen LogP contribution in [0.15, 0.2) is 36.7 Å². The minimum atomic E-state index is 0.0274. The summed E-state index contributed by atoms with van der Waals surface area (Å²) < 4.78 is 7.49. The summed E-state index contributed by atoms with van der Waals surface area (Å²) in [6.45, 7) is 0.456. The predicted octanol–water partition coefficient (Wildman–Crippen LogP) is 1.49. The van der Waals surface area contributed by atoms with E-state index < -0.39 is 0 Å². The van der Waals surface area contributed by atoms with Gasteiger partial charge in [0, 0.05) is 19.4 Å². The number of aliphatic hydroxyl groups excluding tert-OH is 1. The molecule has 0 atom stereocenters. The van der Waals surface area contributed by atoms with Crippen molar-refractivity contribution >= 4 is 0 Å². The van der Waals surface area contributed by atoms with E-state index in [4.69, 9.17) is 9.84 Å². The number of aliphatic hydroxyl groups is 1. The molecule has 0 aliphatic rings. The van der Waals surface area contributed by atoms with E-state index in [1.165, 1.54) is 0 Å². The minimum Gasteiger partial charge on any atom is -0.486 e. The van der Waals surface area contributed by atoms with Gasteiger partial charge in [-0.3, -0.25) is 0 Å². The van der Waals surface area contributed by atoms with E-state index in [0.29, 0.717) is 6.61 Å². The molecule has 0 saturated carbocycles. The van der Waals surface area contributed by atoms with Gasteiger partial charge < -0.3 is 14.4 Å². The minimum absolute atomic E-state index is 0.0274. The molecule has 84 valence electrons. The van der Waals surface area contributed by atoms with Gasteiger partial charge in [0.05, 0.1) is 6.61 Å². The zero-order valence-electron chi connectivity index (χ0n) is 9.13. The molecule has 2 aromatic rings. The van der Waals surface area contributed by atoms with Crippen molar-refractivity contribution in [2.75, 3.05) is 0 Å². The van der Waals surface area contributed by atoms with Crippen LogP contribution in [0.25, 0.3) is 0 Å². The molecular weight excluding hydrogens is 204 g/mol. The van der Waals surface area contributed by atoms with E-state index in [1.807, 2.05) is 42.1 Å². The van der Waals surface area contributed by atoms with Crippen LogP contribution in [0.1, 0.15) is 11.4 Å². The maximum Gasteiger partial charge on any atom is 0.146 e. The number of hydrogen-bond acceptors (Lipinski definition) is 3. The molecule has 1 N–H and O–H groups in total. The highest BCUT2D eigenvalue weighted by Crippen LogP contribution is 2.14. The predicted molar refractivity (Wildman–Crippen MR) is 59.9 cm³/mol. The lowest BCUT2D eigenvalue weighted by molar-refractivity contribution is 0.275. The molecule has 0 fully saturated rings. The summed E-state index contributed by atoms with van der Waals surface area (Å²) in [4.78, 5) is 4.16. The Balaban J connectivity index is 2.02. The molecule has 0 saturated heterocycles. The van der Waals surface area contributed by atoms with Crippen LogP contribution in [0, 0.1) is 0 Å². The molecular formula is C12H14N2O2. The van der Waals surface area contributed by atoms with Crippen molar-refractivity contribution in [2.45, 2.75) is 13.2 Å². The molecule has 2 rings (SSSR count). The van der Waals surface area contributed by atoms with E-state index in [1.54, 1.807) is 6.20 Å². The van der Waals surface area contributed by atoms with Crippen molar-refractivity contribution in [3.8, 4) is 5.75 Å². The van der Waals surface area contributed by atoms with Crippen LogP contribution in [-0.4, -0.2) is 14.7 Å². The first-order valence-corrected chi connectivity index (χ1v) is 5.08. The third-order valence-corrected chi connectivity index (χ3v) is 2.37. The van der Waals surface area contributed by atoms with E-state index >= 15 is 0 Å². The summed E-state index contributed by atoms with van der Waals surface area (Å²) in [6, 6.07) is 7.40. The number of ether oxygens (including phenoxy) is 1. The topological polar surface area (TPSA) is 47.3 Å². The van der Waals surface area contributed by atoms with Gasteiger partial charge in [-0.1, -0.05) is 12.1 Å². The van der Waals surface area contributed by atoms with Crippen molar-refractivity contribution in [3.63, 3.8) is 0 Å². The summed E-state index contributed by atoms with van der Waals surface area (Å²) in [7, 11) is 1.93. The molecule has 16 heavy (non-hydrogen) atoms. The molecule has 0 unspecified atom stereocenters. The normalized spacial score (nSPS) is 10.4. The van der Waals surface area contributed by atoms with Crippen LogP contribution in [-0.2, 0) is 20.3 Å². The fraction of sp³-hybridized carbons (Fsp3) is 0.250. The fourth-order valence-electron chi connectivity index (χ4n) is 1.42. The van der Waals surface area contributed by atoms with Crippen molar-refractivity contribution in [1.29, 1.82) is 0 Å². The second-order valence-electron chi connectivity index (χ2n) is 3.55. The highest BCUT2D eigenvalue weighted by molar-refractivity contribution is 5.28. The number of rotatable bonds is 4. The van der Waals surface area contributed by atoms with Crippen LogP contribution >= 0.6 is 0 Å². The third kappa shape index (κ3) is 2.41. The molecule has 0 bridgehead atoms. The Morgan fingerprint density at radius 1 is 1.44 bits per heavy atom. The quantitative estimate of drug-likeness (QED) is 0.845. The molecule has 0 aliphatic carbocycles. The van der Waals surface area contributed by atoms with Crippen LogP contribution in [0.4, 0.5) is 0 Å². The van der Waals surface area contributed by atoms with Crippen molar-refractivity contribution in [2.24, 2.45) is 7.05 Å². The molecule has 4 nitrogen and oxygen atoms in total. The lowest BCUT2D eigenvalue weighted by atomic mass is 10.2. The second-order valence-corrected chi connectivity index (χ2v) is 3.55. The van der Waals surface area contributed by atoms with E-state index in [-0.39, 0.29) is 6.61 Å². The molecule has 1 aromatic heterocycles. The Bertz CT molecular complexity index is 466. The van der Waals surface area contributed by atoms with Gasteiger partial charge >= 0.3 is 0 Å². The van der Waals surface area contributed by atoms with Crippen molar-refractivity contribution in [1.82, 2.24) is 9.55 Å².